The molecule has 2 N–H and O–H groups in total. The number of nitrogens with one attached hydrogen (secondary N) is 1. The standard InChI is InChI=1S/C21H28N4O3S/c1-29(27,28)11-9-13-2-6-15(7-3-13)25-18-16-8-10-22-20(16)23-12-17(18)24-21(25)19(26)14-4-5-14/h8,10,12-15,19,26H,2-7,9,11H2,1H3,(H,22,23). The summed E-state index contributed by atoms with van der Waals surface area (Å²) in [5.74, 6) is 1.82. The van der Waals surface area contributed by atoms with Crippen LogP contribution in [0.5, 0.6) is 0 Å². The molecule has 2 fully saturated rings. The number of aromatic nitrogens is 4. The van der Waals surface area contributed by atoms with Crippen LogP contribution in [0.3, 0.4) is 0 Å². The summed E-state index contributed by atoms with van der Waals surface area (Å²) in [5.41, 5.74) is 2.74. The van der Waals surface area contributed by atoms with E-state index in [1.165, 1.54) is 6.26 Å². The normalized spacial score (nSPS) is 24.3. The summed E-state index contributed by atoms with van der Waals surface area (Å²) < 4.78 is 25.3. The minimum atomic E-state index is -2.91. The van der Waals surface area contributed by atoms with Crippen molar-refractivity contribution in [1.29, 1.82) is 0 Å². The lowest BCUT2D eigenvalue weighted by molar-refractivity contribution is 0.134. The highest BCUT2D eigenvalue weighted by Gasteiger charge is 2.36. The fraction of sp³-hybridized carbons (Fsp3) is 0.619. The Morgan fingerprint density at radius 3 is 2.69 bits per heavy atom. The number of pyridine rings is 1. The van der Waals surface area contributed by atoms with Crippen molar-refractivity contribution >= 4 is 31.9 Å². The number of aromatic amines is 1. The third kappa shape index (κ3) is 3.68. The molecule has 2 saturated carbocycles. The number of H-pyrrole nitrogens is 1. The van der Waals surface area contributed by atoms with Gasteiger partial charge in [-0.1, -0.05) is 0 Å². The van der Waals surface area contributed by atoms with Crippen molar-refractivity contribution in [1.82, 2.24) is 19.5 Å². The maximum Gasteiger partial charge on any atom is 0.147 e. The predicted molar refractivity (Wildman–Crippen MR) is 112 cm³/mol. The first-order valence-corrected chi connectivity index (χ1v) is 12.7. The molecule has 5 rings (SSSR count). The molecule has 156 valence electrons. The zero-order chi connectivity index (χ0) is 20.2. The molecule has 3 aromatic heterocycles. The van der Waals surface area contributed by atoms with Crippen molar-refractivity contribution < 1.29 is 13.5 Å². The third-order valence-corrected chi connectivity index (χ3v) is 7.65. The van der Waals surface area contributed by atoms with E-state index in [4.69, 9.17) is 4.98 Å². The molecule has 0 saturated heterocycles. The maximum atomic E-state index is 11.5. The lowest BCUT2D eigenvalue weighted by Gasteiger charge is -2.31. The Balaban J connectivity index is 1.48. The van der Waals surface area contributed by atoms with Crippen LogP contribution in [0.1, 0.15) is 62.9 Å². The Kier molecular flexibility index (Phi) is 4.66. The van der Waals surface area contributed by atoms with Gasteiger partial charge in [-0.25, -0.2) is 18.4 Å². The molecule has 0 amide bonds. The molecule has 29 heavy (non-hydrogen) atoms. The van der Waals surface area contributed by atoms with E-state index in [2.05, 4.69) is 14.5 Å². The number of rotatable bonds is 6. The number of nitrogens with zero attached hydrogens (tertiary/aromatic N) is 3. The van der Waals surface area contributed by atoms with Crippen molar-refractivity contribution in [2.45, 2.75) is 57.1 Å². The average molecular weight is 417 g/mol. The van der Waals surface area contributed by atoms with Crippen molar-refractivity contribution in [3.63, 3.8) is 0 Å². The van der Waals surface area contributed by atoms with Crippen LogP contribution in [-0.4, -0.2) is 45.1 Å². The molecule has 7 nitrogen and oxygen atoms in total. The number of aliphatic hydroxyl groups excluding tert-OH is 1. The van der Waals surface area contributed by atoms with Gasteiger partial charge < -0.3 is 14.7 Å². The molecule has 0 spiro atoms. The van der Waals surface area contributed by atoms with E-state index in [1.807, 2.05) is 12.3 Å². The highest BCUT2D eigenvalue weighted by molar-refractivity contribution is 7.90. The second-order valence-corrected chi connectivity index (χ2v) is 11.2. The highest BCUT2D eigenvalue weighted by Crippen LogP contribution is 2.44. The monoisotopic (exact) mass is 416 g/mol. The highest BCUT2D eigenvalue weighted by atomic mass is 32.2. The van der Waals surface area contributed by atoms with Crippen LogP contribution in [0.2, 0.25) is 0 Å². The fourth-order valence-electron chi connectivity index (χ4n) is 4.88. The van der Waals surface area contributed by atoms with Gasteiger partial charge in [-0.05, 0) is 62.8 Å². The average Bonchev–Trinajstić information content (AvgIpc) is 3.30. The van der Waals surface area contributed by atoms with E-state index in [1.54, 1.807) is 6.20 Å². The maximum absolute atomic E-state index is 11.5. The molecule has 2 aliphatic rings. The summed E-state index contributed by atoms with van der Waals surface area (Å²) in [5, 5.41) is 12.0. The van der Waals surface area contributed by atoms with Crippen LogP contribution in [-0.2, 0) is 9.84 Å². The number of imidazole rings is 1. The Labute approximate surface area is 170 Å². The van der Waals surface area contributed by atoms with Crippen LogP contribution in [0.4, 0.5) is 0 Å². The number of hydrogen-bond donors (Lipinski definition) is 2. The molecule has 2 aliphatic carbocycles. The molecule has 0 aliphatic heterocycles. The predicted octanol–water partition coefficient (Wildman–Crippen LogP) is 3.52. The molecule has 3 aromatic rings. The quantitative estimate of drug-likeness (QED) is 0.640. The number of hydrogen-bond acceptors (Lipinski definition) is 5. The van der Waals surface area contributed by atoms with Crippen LogP contribution in [0.15, 0.2) is 18.5 Å². The minimum Gasteiger partial charge on any atom is -0.385 e. The van der Waals surface area contributed by atoms with Gasteiger partial charge in [0.05, 0.1) is 17.5 Å². The van der Waals surface area contributed by atoms with E-state index in [9.17, 15) is 13.5 Å². The van der Waals surface area contributed by atoms with Crippen LogP contribution < -0.4 is 0 Å². The molecular formula is C21H28N4O3S. The van der Waals surface area contributed by atoms with Gasteiger partial charge in [0.1, 0.15) is 32.9 Å². The molecule has 8 heteroatoms. The molecule has 0 bridgehead atoms. The van der Waals surface area contributed by atoms with Gasteiger partial charge >= 0.3 is 0 Å². The van der Waals surface area contributed by atoms with E-state index in [0.717, 1.165) is 72.8 Å². The lowest BCUT2D eigenvalue weighted by Crippen LogP contribution is -2.22. The second kappa shape index (κ2) is 7.09. The number of aliphatic hydroxyl groups is 1. The first-order valence-electron chi connectivity index (χ1n) is 10.6. The zero-order valence-electron chi connectivity index (χ0n) is 16.7. The third-order valence-electron chi connectivity index (χ3n) is 6.67. The summed E-state index contributed by atoms with van der Waals surface area (Å²) in [4.78, 5) is 12.5. The minimum absolute atomic E-state index is 0.275. The topological polar surface area (TPSA) is 101 Å². The zero-order valence-corrected chi connectivity index (χ0v) is 17.5. The van der Waals surface area contributed by atoms with Crippen molar-refractivity contribution in [3.05, 3.63) is 24.3 Å². The van der Waals surface area contributed by atoms with Gasteiger partial charge in [0, 0.05) is 23.9 Å². The summed E-state index contributed by atoms with van der Waals surface area (Å²) in [7, 11) is -2.91. The van der Waals surface area contributed by atoms with E-state index in [-0.39, 0.29) is 11.8 Å². The van der Waals surface area contributed by atoms with Crippen LogP contribution in [0.25, 0.3) is 22.1 Å². The molecule has 1 unspecified atom stereocenters. The smallest absolute Gasteiger partial charge is 0.147 e. The van der Waals surface area contributed by atoms with Gasteiger partial charge in [-0.15, -0.1) is 0 Å². The van der Waals surface area contributed by atoms with Crippen molar-refractivity contribution in [3.8, 4) is 0 Å². The van der Waals surface area contributed by atoms with E-state index in [0.29, 0.717) is 11.8 Å². The number of fused-ring (bicyclic) bond motifs is 3. The lowest BCUT2D eigenvalue weighted by atomic mass is 9.84. The van der Waals surface area contributed by atoms with Crippen LogP contribution in [0, 0.1) is 11.8 Å². The summed E-state index contributed by atoms with van der Waals surface area (Å²) in [6.07, 6.45) is 11.3. The van der Waals surface area contributed by atoms with E-state index >= 15 is 0 Å². The second-order valence-electron chi connectivity index (χ2n) is 8.95. The summed E-state index contributed by atoms with van der Waals surface area (Å²) in [6, 6.07) is 2.31. The van der Waals surface area contributed by atoms with Crippen molar-refractivity contribution in [2.75, 3.05) is 12.0 Å². The van der Waals surface area contributed by atoms with Gasteiger partial charge in [0.15, 0.2) is 0 Å². The van der Waals surface area contributed by atoms with Gasteiger partial charge in [-0.2, -0.15) is 0 Å². The Morgan fingerprint density at radius 1 is 1.24 bits per heavy atom. The van der Waals surface area contributed by atoms with Crippen LogP contribution >= 0.6 is 0 Å². The van der Waals surface area contributed by atoms with Gasteiger partial charge in [0.25, 0.3) is 0 Å². The molecule has 0 radical (unpaired) electrons. The van der Waals surface area contributed by atoms with E-state index < -0.39 is 15.9 Å². The SMILES string of the molecule is CS(=O)(=O)CCC1CCC(n2c(C(O)C3CC3)nc3cnc4[nH]ccc4c32)CC1. The van der Waals surface area contributed by atoms with Crippen molar-refractivity contribution in [2.24, 2.45) is 11.8 Å². The molecule has 0 aromatic carbocycles. The fourth-order valence-corrected chi connectivity index (χ4v) is 5.65. The first kappa shape index (κ1) is 19.1. The molecule has 3 heterocycles. The Morgan fingerprint density at radius 2 is 2.00 bits per heavy atom. The molecule has 1 atom stereocenters. The van der Waals surface area contributed by atoms with Gasteiger partial charge in [-0.3, -0.25) is 0 Å². The Bertz CT molecular complexity index is 1140. The first-order chi connectivity index (χ1) is 13.9. The summed E-state index contributed by atoms with van der Waals surface area (Å²) >= 11 is 0. The largest absolute Gasteiger partial charge is 0.385 e. The summed E-state index contributed by atoms with van der Waals surface area (Å²) in [6.45, 7) is 0. The number of sulfone groups is 1. The molecular weight excluding hydrogens is 388 g/mol. The van der Waals surface area contributed by atoms with Gasteiger partial charge in [0.2, 0.25) is 0 Å². The Hall–Kier alpha value is -1.93.